The molecule has 0 aliphatic carbocycles. The second-order valence-electron chi connectivity index (χ2n) is 5.35. The average Bonchev–Trinajstić information content (AvgIpc) is 2.63. The van der Waals surface area contributed by atoms with Crippen LogP contribution in [0.3, 0.4) is 0 Å². The van der Waals surface area contributed by atoms with Gasteiger partial charge >= 0.3 is 6.01 Å². The Labute approximate surface area is 141 Å². The number of rotatable bonds is 6. The highest BCUT2D eigenvalue weighted by Crippen LogP contribution is 2.28. The van der Waals surface area contributed by atoms with Crippen LogP contribution in [-0.4, -0.2) is 26.7 Å². The molecule has 0 saturated carbocycles. The van der Waals surface area contributed by atoms with Crippen molar-refractivity contribution >= 4 is 0 Å². The van der Waals surface area contributed by atoms with Gasteiger partial charge in [0.25, 0.3) is 0 Å². The predicted octanol–water partition coefficient (Wildman–Crippen LogP) is 4.09. The third-order valence-corrected chi connectivity index (χ3v) is 3.52. The highest BCUT2D eigenvalue weighted by molar-refractivity contribution is 5.66. The van der Waals surface area contributed by atoms with Crippen molar-refractivity contribution in [3.63, 3.8) is 0 Å². The Morgan fingerprint density at radius 2 is 1.58 bits per heavy atom. The molecule has 0 spiro atoms. The summed E-state index contributed by atoms with van der Waals surface area (Å²) >= 11 is 0. The average molecular weight is 321 g/mol. The van der Waals surface area contributed by atoms with Crippen molar-refractivity contribution in [3.05, 3.63) is 54.6 Å². The summed E-state index contributed by atoms with van der Waals surface area (Å²) in [7, 11) is 0. The van der Waals surface area contributed by atoms with Gasteiger partial charge in [0, 0.05) is 5.56 Å². The molecular formula is C19H19N3O2. The molecule has 0 amide bonds. The summed E-state index contributed by atoms with van der Waals surface area (Å²) in [5, 5.41) is 10.1. The third kappa shape index (κ3) is 3.68. The highest BCUT2D eigenvalue weighted by Gasteiger charge is 2.13. The number of unbranched alkanes of at least 4 members (excludes halogenated alkanes) is 1. The molecule has 0 atom stereocenters. The van der Waals surface area contributed by atoms with Crippen LogP contribution in [-0.2, 0) is 0 Å². The molecule has 1 N–H and O–H groups in total. The number of nitrogens with zero attached hydrogens (tertiary/aromatic N) is 3. The number of phenols is 1. The lowest BCUT2D eigenvalue weighted by molar-refractivity contribution is 0.285. The summed E-state index contributed by atoms with van der Waals surface area (Å²) in [5.74, 6) is 1.05. The first-order valence-electron chi connectivity index (χ1n) is 8.00. The van der Waals surface area contributed by atoms with E-state index < -0.39 is 0 Å². The Morgan fingerprint density at radius 3 is 2.33 bits per heavy atom. The number of hydrogen-bond acceptors (Lipinski definition) is 5. The molecule has 1 aromatic heterocycles. The summed E-state index contributed by atoms with van der Waals surface area (Å²) in [5.41, 5.74) is 1.43. The fraction of sp³-hybridized carbons (Fsp3) is 0.211. The molecule has 0 saturated heterocycles. The summed E-state index contributed by atoms with van der Waals surface area (Å²) < 4.78 is 5.67. The normalized spacial score (nSPS) is 10.5. The number of aromatic hydroxyl groups is 1. The van der Waals surface area contributed by atoms with Gasteiger partial charge in [-0.3, -0.25) is 0 Å². The minimum absolute atomic E-state index is 0.127. The van der Waals surface area contributed by atoms with Crippen LogP contribution in [0.15, 0.2) is 54.6 Å². The zero-order chi connectivity index (χ0) is 16.8. The number of para-hydroxylation sites is 1. The molecule has 3 aromatic rings. The van der Waals surface area contributed by atoms with Gasteiger partial charge in [-0.15, -0.1) is 0 Å². The summed E-state index contributed by atoms with van der Waals surface area (Å²) in [6, 6.07) is 16.9. The second kappa shape index (κ2) is 7.55. The maximum absolute atomic E-state index is 10.1. The van der Waals surface area contributed by atoms with Crippen LogP contribution in [0.4, 0.5) is 0 Å². The fourth-order valence-corrected chi connectivity index (χ4v) is 2.23. The van der Waals surface area contributed by atoms with Crippen LogP contribution in [0.1, 0.15) is 19.8 Å². The van der Waals surface area contributed by atoms with E-state index in [4.69, 9.17) is 4.74 Å². The monoisotopic (exact) mass is 321 g/mol. The Balaban J connectivity index is 2.04. The Kier molecular flexibility index (Phi) is 5.01. The summed E-state index contributed by atoms with van der Waals surface area (Å²) in [6.07, 6.45) is 1.96. The van der Waals surface area contributed by atoms with Gasteiger partial charge < -0.3 is 9.84 Å². The van der Waals surface area contributed by atoms with Crippen molar-refractivity contribution in [3.8, 4) is 34.5 Å². The fourth-order valence-electron chi connectivity index (χ4n) is 2.23. The van der Waals surface area contributed by atoms with Crippen LogP contribution in [0, 0.1) is 0 Å². The van der Waals surface area contributed by atoms with Crippen molar-refractivity contribution < 1.29 is 9.84 Å². The number of hydrogen-bond donors (Lipinski definition) is 1. The van der Waals surface area contributed by atoms with E-state index >= 15 is 0 Å². The molecule has 3 rings (SSSR count). The van der Waals surface area contributed by atoms with E-state index in [2.05, 4.69) is 21.9 Å². The zero-order valence-corrected chi connectivity index (χ0v) is 13.5. The van der Waals surface area contributed by atoms with E-state index in [1.165, 1.54) is 0 Å². The van der Waals surface area contributed by atoms with Crippen molar-refractivity contribution in [2.24, 2.45) is 0 Å². The van der Waals surface area contributed by atoms with E-state index in [1.54, 1.807) is 18.2 Å². The topological polar surface area (TPSA) is 68.1 Å². The minimum Gasteiger partial charge on any atom is -0.507 e. The first-order chi connectivity index (χ1) is 11.8. The number of benzene rings is 2. The third-order valence-electron chi connectivity index (χ3n) is 3.52. The maximum Gasteiger partial charge on any atom is 0.320 e. The molecule has 0 fully saturated rings. The van der Waals surface area contributed by atoms with Gasteiger partial charge in [-0.1, -0.05) is 55.8 Å². The Bertz CT molecular complexity index is 807. The van der Waals surface area contributed by atoms with E-state index in [1.807, 2.05) is 36.4 Å². The molecular weight excluding hydrogens is 302 g/mol. The smallest absolute Gasteiger partial charge is 0.320 e. The maximum atomic E-state index is 10.1. The summed E-state index contributed by atoms with van der Waals surface area (Å²) in [6.45, 7) is 2.65. The van der Waals surface area contributed by atoms with Gasteiger partial charge in [0.2, 0.25) is 0 Å². The molecule has 0 aliphatic rings. The largest absolute Gasteiger partial charge is 0.507 e. The molecule has 0 radical (unpaired) electrons. The van der Waals surface area contributed by atoms with Gasteiger partial charge in [-0.25, -0.2) is 4.98 Å². The Hall–Kier alpha value is -2.95. The first kappa shape index (κ1) is 15.9. The van der Waals surface area contributed by atoms with Crippen molar-refractivity contribution in [1.29, 1.82) is 0 Å². The van der Waals surface area contributed by atoms with E-state index in [0.717, 1.165) is 18.4 Å². The zero-order valence-electron chi connectivity index (χ0n) is 13.5. The Morgan fingerprint density at radius 1 is 0.875 bits per heavy atom. The highest BCUT2D eigenvalue weighted by atomic mass is 16.5. The van der Waals surface area contributed by atoms with Crippen molar-refractivity contribution in [1.82, 2.24) is 15.0 Å². The molecule has 5 heteroatoms. The standard InChI is InChI=1S/C19H19N3O2/c1-2-3-13-24-19-21-17(14-9-5-4-6-10-14)20-18(22-19)15-11-7-8-12-16(15)23/h4-12,23H,2-3,13H2,1H3. The molecule has 5 nitrogen and oxygen atoms in total. The van der Waals surface area contributed by atoms with Gasteiger partial charge in [-0.2, -0.15) is 9.97 Å². The first-order valence-corrected chi connectivity index (χ1v) is 8.00. The van der Waals surface area contributed by atoms with Crippen LogP contribution in [0.25, 0.3) is 22.8 Å². The molecule has 0 bridgehead atoms. The van der Waals surface area contributed by atoms with Crippen LogP contribution >= 0.6 is 0 Å². The minimum atomic E-state index is 0.127. The number of ether oxygens (including phenoxy) is 1. The van der Waals surface area contributed by atoms with E-state index in [-0.39, 0.29) is 11.8 Å². The number of phenolic OH excluding ortho intramolecular Hbond substituents is 1. The molecule has 0 aliphatic heterocycles. The van der Waals surface area contributed by atoms with E-state index in [0.29, 0.717) is 23.8 Å². The lowest BCUT2D eigenvalue weighted by Crippen LogP contribution is -2.05. The number of aromatic nitrogens is 3. The lowest BCUT2D eigenvalue weighted by atomic mass is 10.2. The SMILES string of the molecule is CCCCOc1nc(-c2ccccc2)nc(-c2ccccc2O)n1. The van der Waals surface area contributed by atoms with Gasteiger partial charge in [0.15, 0.2) is 11.6 Å². The second-order valence-corrected chi connectivity index (χ2v) is 5.35. The van der Waals surface area contributed by atoms with Gasteiger partial charge in [0.05, 0.1) is 12.2 Å². The summed E-state index contributed by atoms with van der Waals surface area (Å²) in [4.78, 5) is 13.3. The van der Waals surface area contributed by atoms with Gasteiger partial charge in [-0.05, 0) is 18.6 Å². The quantitative estimate of drug-likeness (QED) is 0.693. The lowest BCUT2D eigenvalue weighted by Gasteiger charge is -2.09. The van der Waals surface area contributed by atoms with Crippen LogP contribution in [0.5, 0.6) is 11.8 Å². The van der Waals surface area contributed by atoms with Crippen molar-refractivity contribution in [2.75, 3.05) is 6.61 Å². The predicted molar refractivity (Wildman–Crippen MR) is 92.8 cm³/mol. The molecule has 1 heterocycles. The molecule has 24 heavy (non-hydrogen) atoms. The van der Waals surface area contributed by atoms with Crippen molar-refractivity contribution in [2.45, 2.75) is 19.8 Å². The van der Waals surface area contributed by atoms with E-state index in [9.17, 15) is 5.11 Å². The van der Waals surface area contributed by atoms with Gasteiger partial charge in [0.1, 0.15) is 5.75 Å². The van der Waals surface area contributed by atoms with Crippen LogP contribution < -0.4 is 4.74 Å². The molecule has 122 valence electrons. The van der Waals surface area contributed by atoms with Crippen LogP contribution in [0.2, 0.25) is 0 Å². The molecule has 0 unspecified atom stereocenters. The molecule has 2 aromatic carbocycles.